The van der Waals surface area contributed by atoms with Crippen LogP contribution in [0.3, 0.4) is 0 Å². The third kappa shape index (κ3) is 4.90. The predicted molar refractivity (Wildman–Crippen MR) is 165 cm³/mol. The average molecular weight is 609 g/mol. The Hall–Kier alpha value is -5.29. The highest BCUT2D eigenvalue weighted by molar-refractivity contribution is 7.17. The molecular weight excluding hydrogens is 580 g/mol. The Bertz CT molecular complexity index is 1980. The summed E-state index contributed by atoms with van der Waals surface area (Å²) in [5.74, 6) is -1.72. The number of aryl methyl sites for hydroxylation is 3. The van der Waals surface area contributed by atoms with Crippen LogP contribution in [0.25, 0.3) is 11.4 Å². The zero-order chi connectivity index (χ0) is 31.1. The van der Waals surface area contributed by atoms with E-state index in [0.29, 0.717) is 34.1 Å². The van der Waals surface area contributed by atoms with Gasteiger partial charge in [0, 0.05) is 6.20 Å². The lowest BCUT2D eigenvalue weighted by atomic mass is 9.96. The van der Waals surface area contributed by atoms with Gasteiger partial charge in [-0.05, 0) is 69.2 Å². The lowest BCUT2D eigenvalue weighted by molar-refractivity contribution is -0.132. The van der Waals surface area contributed by atoms with Gasteiger partial charge >= 0.3 is 11.9 Å². The summed E-state index contributed by atoms with van der Waals surface area (Å²) in [6.07, 6.45) is 1.82. The number of esters is 1. The van der Waals surface area contributed by atoms with E-state index in [-0.39, 0.29) is 27.9 Å². The quantitative estimate of drug-likeness (QED) is 0.0987. The minimum Gasteiger partial charge on any atom is -0.505 e. The maximum Gasteiger partial charge on any atom is 0.350 e. The van der Waals surface area contributed by atoms with Crippen LogP contribution in [0.5, 0.6) is 11.5 Å². The van der Waals surface area contributed by atoms with Crippen LogP contribution in [0.15, 0.2) is 78.5 Å². The number of pyridine rings is 1. The van der Waals surface area contributed by atoms with Crippen LogP contribution in [-0.2, 0) is 14.3 Å². The number of aromatic nitrogens is 3. The summed E-state index contributed by atoms with van der Waals surface area (Å²) in [4.78, 5) is 50.8. The van der Waals surface area contributed by atoms with Gasteiger partial charge < -0.3 is 19.0 Å². The largest absolute Gasteiger partial charge is 0.505 e. The number of rotatable bonds is 7. The van der Waals surface area contributed by atoms with Gasteiger partial charge in [0.2, 0.25) is 0 Å². The molecule has 3 aromatic heterocycles. The van der Waals surface area contributed by atoms with Crippen LogP contribution in [0.1, 0.15) is 50.8 Å². The van der Waals surface area contributed by atoms with Gasteiger partial charge in [-0.3, -0.25) is 14.5 Å². The first-order valence-electron chi connectivity index (χ1n) is 13.9. The van der Waals surface area contributed by atoms with Crippen LogP contribution in [0.2, 0.25) is 0 Å². The Morgan fingerprint density at radius 1 is 0.977 bits per heavy atom. The van der Waals surface area contributed by atoms with Crippen LogP contribution in [-0.4, -0.2) is 43.7 Å². The number of ether oxygens (including phenoxy) is 2. The van der Waals surface area contributed by atoms with E-state index in [2.05, 4.69) is 9.97 Å². The van der Waals surface area contributed by atoms with E-state index in [1.54, 1.807) is 45.0 Å². The number of nitrogens with zero attached hydrogens (tertiary/aromatic N) is 4. The fraction of sp³-hybridized carbons (Fsp3) is 0.182. The van der Waals surface area contributed by atoms with Crippen molar-refractivity contribution in [3.05, 3.63) is 112 Å². The highest BCUT2D eigenvalue weighted by Crippen LogP contribution is 2.45. The molecule has 0 aliphatic carbocycles. The molecular formula is C33H28N4O6S. The monoisotopic (exact) mass is 608 g/mol. The number of aliphatic hydroxyl groups is 1. The molecule has 1 fully saturated rings. The molecule has 1 saturated heterocycles. The van der Waals surface area contributed by atoms with Crippen LogP contribution < -0.4 is 9.64 Å². The number of carbonyl (C=O) groups excluding carboxylic acids is 3. The minimum absolute atomic E-state index is 0.119. The van der Waals surface area contributed by atoms with Crippen LogP contribution >= 0.6 is 11.3 Å². The van der Waals surface area contributed by atoms with E-state index in [1.165, 1.54) is 4.90 Å². The second kappa shape index (κ2) is 11.4. The number of Topliss-reactive ketones (excluding diaryl/α,β-unsaturated/α-hetero) is 1. The van der Waals surface area contributed by atoms with E-state index in [1.807, 2.05) is 60.0 Å². The summed E-state index contributed by atoms with van der Waals surface area (Å²) in [6.45, 7) is 7.18. The predicted octanol–water partition coefficient (Wildman–Crippen LogP) is 6.31. The number of thiazole rings is 1. The number of ketones is 1. The molecule has 11 heteroatoms. The van der Waals surface area contributed by atoms with Gasteiger partial charge in [-0.25, -0.2) is 14.8 Å². The highest BCUT2D eigenvalue weighted by atomic mass is 32.1. The molecule has 1 atom stereocenters. The van der Waals surface area contributed by atoms with Gasteiger partial charge in [0.1, 0.15) is 27.7 Å². The molecule has 10 nitrogen and oxygen atoms in total. The van der Waals surface area contributed by atoms with E-state index >= 15 is 0 Å². The van der Waals surface area contributed by atoms with Gasteiger partial charge in [-0.15, -0.1) is 0 Å². The number of hydrogen-bond donors (Lipinski definition) is 1. The summed E-state index contributed by atoms with van der Waals surface area (Å²) >= 11 is 0.946. The number of anilines is 1. The summed E-state index contributed by atoms with van der Waals surface area (Å²) < 4.78 is 13.0. The fourth-order valence-corrected chi connectivity index (χ4v) is 6.25. The standard InChI is InChI=1S/C33H28N4O6S/c1-5-42-32(41)29-19(3)34-33(44-29)37-26(21-12-9-15-23(17-21)43-22-13-7-6-8-14-22)24(28(39)31(37)40)27(38)25-20(4)36-16-10-11-18(2)30(36)35-25/h6-17,26,38H,5H2,1-4H3. The van der Waals surface area contributed by atoms with Crippen LogP contribution in [0, 0.1) is 20.8 Å². The smallest absolute Gasteiger partial charge is 0.350 e. The molecule has 1 N–H and O–H groups in total. The first-order valence-corrected chi connectivity index (χ1v) is 14.7. The Balaban J connectivity index is 1.54. The van der Waals surface area contributed by atoms with Crippen molar-refractivity contribution < 1.29 is 29.0 Å². The van der Waals surface area contributed by atoms with Crippen LogP contribution in [0.4, 0.5) is 5.13 Å². The third-order valence-electron chi connectivity index (χ3n) is 7.36. The van der Waals surface area contributed by atoms with Crippen molar-refractivity contribution in [2.75, 3.05) is 11.5 Å². The molecule has 0 spiro atoms. The molecule has 1 amide bonds. The van der Waals surface area contributed by atoms with E-state index in [0.717, 1.165) is 16.9 Å². The average Bonchev–Trinajstić information content (AvgIpc) is 3.65. The van der Waals surface area contributed by atoms with Gasteiger partial charge in [-0.2, -0.15) is 0 Å². The number of carbonyl (C=O) groups is 3. The molecule has 1 aliphatic rings. The maximum atomic E-state index is 13.8. The number of hydrogen-bond acceptors (Lipinski definition) is 9. The molecule has 0 radical (unpaired) electrons. The fourth-order valence-electron chi connectivity index (χ4n) is 5.26. The summed E-state index contributed by atoms with van der Waals surface area (Å²) in [6, 6.07) is 18.8. The molecule has 6 rings (SSSR count). The molecule has 44 heavy (non-hydrogen) atoms. The number of amides is 1. The van der Waals surface area contributed by atoms with E-state index in [4.69, 9.17) is 9.47 Å². The molecule has 0 saturated carbocycles. The molecule has 0 bridgehead atoms. The number of aliphatic hydroxyl groups excluding tert-OH is 1. The Morgan fingerprint density at radius 2 is 1.73 bits per heavy atom. The Morgan fingerprint density at radius 3 is 2.45 bits per heavy atom. The summed E-state index contributed by atoms with van der Waals surface area (Å²) in [5.41, 5.74) is 2.97. The molecule has 2 aromatic carbocycles. The molecule has 5 aromatic rings. The van der Waals surface area contributed by atoms with Gasteiger partial charge in [0.15, 0.2) is 10.9 Å². The minimum atomic E-state index is -1.10. The summed E-state index contributed by atoms with van der Waals surface area (Å²) in [7, 11) is 0. The first kappa shape index (κ1) is 28.8. The molecule has 1 aliphatic heterocycles. The van der Waals surface area contributed by atoms with Gasteiger partial charge in [0.05, 0.1) is 29.6 Å². The van der Waals surface area contributed by atoms with Crippen molar-refractivity contribution in [3.8, 4) is 11.5 Å². The Kier molecular flexibility index (Phi) is 7.48. The van der Waals surface area contributed by atoms with Crippen molar-refractivity contribution in [2.45, 2.75) is 33.7 Å². The van der Waals surface area contributed by atoms with Gasteiger partial charge in [-0.1, -0.05) is 47.7 Å². The van der Waals surface area contributed by atoms with Crippen molar-refractivity contribution in [1.82, 2.24) is 14.4 Å². The second-order valence-corrected chi connectivity index (χ2v) is 11.2. The molecule has 222 valence electrons. The number of imidazole rings is 1. The lowest BCUT2D eigenvalue weighted by Gasteiger charge is -2.23. The summed E-state index contributed by atoms with van der Waals surface area (Å²) in [5, 5.41) is 11.9. The van der Waals surface area contributed by atoms with Crippen molar-refractivity contribution in [2.24, 2.45) is 0 Å². The Labute approximate surface area is 256 Å². The normalized spacial score (nSPS) is 16.1. The second-order valence-electron chi connectivity index (χ2n) is 10.2. The number of fused-ring (bicyclic) bond motifs is 1. The number of para-hydroxylation sites is 1. The highest BCUT2D eigenvalue weighted by Gasteiger charge is 2.49. The molecule has 4 heterocycles. The SMILES string of the molecule is CCOC(=O)c1sc(N2C(=O)C(=O)C(=C(O)c3nc4c(C)cccn4c3C)C2c2cccc(Oc3ccccc3)c2)nc1C. The zero-order valence-electron chi connectivity index (χ0n) is 24.4. The number of benzene rings is 2. The van der Waals surface area contributed by atoms with Gasteiger partial charge in [0.25, 0.3) is 5.78 Å². The maximum absolute atomic E-state index is 13.8. The third-order valence-corrected chi connectivity index (χ3v) is 8.49. The topological polar surface area (TPSA) is 123 Å². The van der Waals surface area contributed by atoms with Crippen molar-refractivity contribution in [3.63, 3.8) is 0 Å². The van der Waals surface area contributed by atoms with E-state index < -0.39 is 29.5 Å². The molecule has 1 unspecified atom stereocenters. The van der Waals surface area contributed by atoms with E-state index in [9.17, 15) is 19.5 Å². The lowest BCUT2D eigenvalue weighted by Crippen LogP contribution is -2.29. The zero-order valence-corrected chi connectivity index (χ0v) is 25.2. The van der Waals surface area contributed by atoms with Crippen molar-refractivity contribution >= 4 is 45.5 Å². The first-order chi connectivity index (χ1) is 21.2. The van der Waals surface area contributed by atoms with Crippen molar-refractivity contribution in [1.29, 1.82) is 0 Å².